The Morgan fingerprint density at radius 1 is 1.26 bits per heavy atom. The topological polar surface area (TPSA) is 157 Å². The molecule has 0 bridgehead atoms. The quantitative estimate of drug-likeness (QED) is 0.265. The first-order chi connectivity index (χ1) is 8.92. The molecule has 1 saturated heterocycles. The van der Waals surface area contributed by atoms with Gasteiger partial charge in [-0.25, -0.2) is 0 Å². The normalized spacial score (nSPS) is 36.5. The molecule has 0 spiro atoms. The van der Waals surface area contributed by atoms with Gasteiger partial charge >= 0.3 is 0 Å². The van der Waals surface area contributed by atoms with E-state index in [1.807, 2.05) is 0 Å². The number of aldehydes is 1. The van der Waals surface area contributed by atoms with E-state index in [2.05, 4.69) is 0 Å². The summed E-state index contributed by atoms with van der Waals surface area (Å²) in [4.78, 5) is 10.3. The monoisotopic (exact) mass is 282 g/mol. The van der Waals surface area contributed by atoms with Crippen molar-refractivity contribution in [2.75, 3.05) is 13.2 Å². The lowest BCUT2D eigenvalue weighted by atomic mass is 10.0. The molecule has 9 nitrogen and oxygen atoms in total. The van der Waals surface area contributed by atoms with E-state index in [9.17, 15) is 25.2 Å². The van der Waals surface area contributed by atoms with Gasteiger partial charge < -0.3 is 44.9 Å². The Hall–Kier alpha value is -0.650. The van der Waals surface area contributed by atoms with Crippen molar-refractivity contribution in [3.63, 3.8) is 0 Å². The van der Waals surface area contributed by atoms with Crippen molar-refractivity contribution < 1.29 is 44.9 Å². The lowest BCUT2D eigenvalue weighted by molar-refractivity contribution is -0.295. The Bertz CT molecular complexity index is 286. The molecule has 6 N–H and O–H groups in total. The molecular weight excluding hydrogens is 264 g/mol. The van der Waals surface area contributed by atoms with Crippen molar-refractivity contribution in [3.8, 4) is 0 Å². The van der Waals surface area contributed by atoms with E-state index in [0.717, 1.165) is 0 Å². The molecule has 19 heavy (non-hydrogen) atoms. The maximum Gasteiger partial charge on any atom is 0.186 e. The molecule has 0 aromatic rings. The van der Waals surface area contributed by atoms with Gasteiger partial charge in [-0.1, -0.05) is 0 Å². The zero-order valence-electron chi connectivity index (χ0n) is 9.94. The highest BCUT2D eigenvalue weighted by molar-refractivity contribution is 5.56. The molecule has 1 rings (SSSR count). The van der Waals surface area contributed by atoms with Crippen molar-refractivity contribution in [1.82, 2.24) is 0 Å². The van der Waals surface area contributed by atoms with Gasteiger partial charge in [0, 0.05) is 0 Å². The lowest BCUT2D eigenvalue weighted by Gasteiger charge is -2.37. The summed E-state index contributed by atoms with van der Waals surface area (Å²) in [6.07, 6.45) is -10.6. The number of carbonyl (C=O) groups excluding carboxylic acids is 1. The van der Waals surface area contributed by atoms with Gasteiger partial charge in [-0.2, -0.15) is 0 Å². The second-order valence-electron chi connectivity index (χ2n) is 4.22. The molecule has 112 valence electrons. The molecule has 0 amide bonds. The van der Waals surface area contributed by atoms with Crippen LogP contribution in [0.4, 0.5) is 0 Å². The predicted molar refractivity (Wildman–Crippen MR) is 57.8 cm³/mol. The molecule has 0 aromatic heterocycles. The standard InChI is InChI=1S/C10H18O9/c11-1-4(13)7(15)6(2-12)19-10-9(17)8(16)5(14)3-18-10/h1,4-10,12-17H,2-3H2/t4-,5-,6-,7-,8-,9-,10-/m0/s1. The fraction of sp³-hybridized carbons (Fsp3) is 0.900. The fourth-order valence-corrected chi connectivity index (χ4v) is 1.60. The molecule has 1 aliphatic rings. The van der Waals surface area contributed by atoms with Crippen LogP contribution >= 0.6 is 0 Å². The van der Waals surface area contributed by atoms with E-state index in [-0.39, 0.29) is 12.9 Å². The summed E-state index contributed by atoms with van der Waals surface area (Å²) >= 11 is 0. The molecule has 7 atom stereocenters. The van der Waals surface area contributed by atoms with Crippen LogP contribution in [0.25, 0.3) is 0 Å². The second-order valence-corrected chi connectivity index (χ2v) is 4.22. The molecule has 9 heteroatoms. The third-order valence-electron chi connectivity index (χ3n) is 2.81. The first-order valence-corrected chi connectivity index (χ1v) is 5.66. The number of carbonyl (C=O) groups is 1. The Balaban J connectivity index is 2.63. The van der Waals surface area contributed by atoms with Crippen molar-refractivity contribution in [1.29, 1.82) is 0 Å². The van der Waals surface area contributed by atoms with Crippen molar-refractivity contribution in [3.05, 3.63) is 0 Å². The summed E-state index contributed by atoms with van der Waals surface area (Å²) in [5, 5.41) is 55.8. The SMILES string of the molecule is O=C[C@H](O)[C@H](O)[C@H](CO)O[C@@H]1OC[C@H](O)[C@H](O)[C@@H]1O. The van der Waals surface area contributed by atoms with Gasteiger partial charge in [-0.15, -0.1) is 0 Å². The molecule has 1 heterocycles. The van der Waals surface area contributed by atoms with E-state index in [0.29, 0.717) is 0 Å². The van der Waals surface area contributed by atoms with Crippen LogP contribution in [0.2, 0.25) is 0 Å². The average Bonchev–Trinajstić information content (AvgIpc) is 2.42. The summed E-state index contributed by atoms with van der Waals surface area (Å²) in [5.41, 5.74) is 0. The van der Waals surface area contributed by atoms with Crippen LogP contribution in [0.5, 0.6) is 0 Å². The fourth-order valence-electron chi connectivity index (χ4n) is 1.60. The summed E-state index contributed by atoms with van der Waals surface area (Å²) < 4.78 is 9.89. The van der Waals surface area contributed by atoms with Gasteiger partial charge in [0.05, 0.1) is 13.2 Å². The predicted octanol–water partition coefficient (Wildman–Crippen LogP) is -4.28. The highest BCUT2D eigenvalue weighted by Gasteiger charge is 2.40. The largest absolute Gasteiger partial charge is 0.394 e. The van der Waals surface area contributed by atoms with Gasteiger partial charge in [0.2, 0.25) is 0 Å². The summed E-state index contributed by atoms with van der Waals surface area (Å²) in [6, 6.07) is 0. The lowest BCUT2D eigenvalue weighted by Crippen LogP contribution is -2.56. The van der Waals surface area contributed by atoms with Crippen LogP contribution in [0.15, 0.2) is 0 Å². The summed E-state index contributed by atoms with van der Waals surface area (Å²) in [7, 11) is 0. The minimum absolute atomic E-state index is 0.0629. The molecule has 0 unspecified atom stereocenters. The van der Waals surface area contributed by atoms with E-state index < -0.39 is 49.5 Å². The van der Waals surface area contributed by atoms with E-state index in [4.69, 9.17) is 19.7 Å². The molecule has 0 aromatic carbocycles. The zero-order valence-corrected chi connectivity index (χ0v) is 9.94. The Kier molecular flexibility index (Phi) is 6.23. The third kappa shape index (κ3) is 3.91. The molecular formula is C10H18O9. The van der Waals surface area contributed by atoms with Gasteiger partial charge in [-0.05, 0) is 0 Å². The van der Waals surface area contributed by atoms with Crippen LogP contribution in [0, 0.1) is 0 Å². The van der Waals surface area contributed by atoms with Crippen molar-refractivity contribution in [2.45, 2.75) is 42.9 Å². The zero-order chi connectivity index (χ0) is 14.6. The minimum atomic E-state index is -1.77. The molecule has 0 aliphatic carbocycles. The Labute approximate surface area is 108 Å². The summed E-state index contributed by atoms with van der Waals surface area (Å²) in [6.45, 7) is -1.06. The van der Waals surface area contributed by atoms with Gasteiger partial charge in [0.1, 0.15) is 36.6 Å². The van der Waals surface area contributed by atoms with Gasteiger partial charge in [0.25, 0.3) is 0 Å². The summed E-state index contributed by atoms with van der Waals surface area (Å²) in [5.74, 6) is 0. The Morgan fingerprint density at radius 2 is 1.89 bits per heavy atom. The first kappa shape index (κ1) is 16.4. The molecule has 0 radical (unpaired) electrons. The number of hydrogen-bond donors (Lipinski definition) is 6. The number of hydrogen-bond acceptors (Lipinski definition) is 9. The van der Waals surface area contributed by atoms with Crippen LogP contribution < -0.4 is 0 Å². The maximum atomic E-state index is 10.3. The van der Waals surface area contributed by atoms with Crippen LogP contribution in [0.1, 0.15) is 0 Å². The van der Waals surface area contributed by atoms with Crippen LogP contribution in [-0.4, -0.2) is 93.1 Å². The minimum Gasteiger partial charge on any atom is -0.394 e. The van der Waals surface area contributed by atoms with E-state index in [1.54, 1.807) is 0 Å². The smallest absolute Gasteiger partial charge is 0.186 e. The number of ether oxygens (including phenoxy) is 2. The molecule has 1 fully saturated rings. The van der Waals surface area contributed by atoms with Gasteiger partial charge in [0.15, 0.2) is 12.6 Å². The third-order valence-corrected chi connectivity index (χ3v) is 2.81. The van der Waals surface area contributed by atoms with Gasteiger partial charge in [-0.3, -0.25) is 0 Å². The highest BCUT2D eigenvalue weighted by atomic mass is 16.7. The van der Waals surface area contributed by atoms with E-state index >= 15 is 0 Å². The van der Waals surface area contributed by atoms with Crippen LogP contribution in [-0.2, 0) is 14.3 Å². The molecule has 0 saturated carbocycles. The maximum absolute atomic E-state index is 10.3. The number of aliphatic hydroxyl groups is 6. The number of aliphatic hydroxyl groups excluding tert-OH is 6. The second kappa shape index (κ2) is 7.22. The van der Waals surface area contributed by atoms with Crippen LogP contribution in [0.3, 0.4) is 0 Å². The average molecular weight is 282 g/mol. The Morgan fingerprint density at radius 3 is 2.42 bits per heavy atom. The first-order valence-electron chi connectivity index (χ1n) is 5.66. The van der Waals surface area contributed by atoms with Crippen molar-refractivity contribution >= 4 is 6.29 Å². The molecule has 1 aliphatic heterocycles. The number of rotatable bonds is 6. The van der Waals surface area contributed by atoms with E-state index in [1.165, 1.54) is 0 Å². The highest BCUT2D eigenvalue weighted by Crippen LogP contribution is 2.19. The van der Waals surface area contributed by atoms with Crippen molar-refractivity contribution in [2.24, 2.45) is 0 Å².